The van der Waals surface area contributed by atoms with E-state index in [1.54, 1.807) is 16.8 Å². The molecule has 0 aliphatic carbocycles. The van der Waals surface area contributed by atoms with Gasteiger partial charge in [0, 0.05) is 12.4 Å². The van der Waals surface area contributed by atoms with E-state index in [-0.39, 0.29) is 10.3 Å². The Bertz CT molecular complexity index is 1430. The number of nitriles is 1. The van der Waals surface area contributed by atoms with Crippen LogP contribution in [0.15, 0.2) is 53.5 Å². The average Bonchev–Trinajstić information content (AvgIpc) is 3.13. The number of rotatable bonds is 6. The number of hydrogen-bond donors (Lipinski definition) is 1. The maximum Gasteiger partial charge on any atom is 0.215 e. The summed E-state index contributed by atoms with van der Waals surface area (Å²) < 4.78 is 1.80. The number of aryl methyl sites for hydroxylation is 2. The Balaban J connectivity index is 1.71. The summed E-state index contributed by atoms with van der Waals surface area (Å²) in [5.74, 6) is 0.633. The molecule has 4 rings (SSSR count). The fourth-order valence-corrected chi connectivity index (χ4v) is 4.60. The molecule has 0 unspecified atom stereocenters. The molecule has 8 nitrogen and oxygen atoms in total. The van der Waals surface area contributed by atoms with Gasteiger partial charge in [0.1, 0.15) is 10.3 Å². The molecule has 184 valence electrons. The Morgan fingerprint density at radius 2 is 1.83 bits per heavy atom. The molecule has 0 fully saturated rings. The predicted molar refractivity (Wildman–Crippen MR) is 144 cm³/mol. The molecular weight excluding hydrogens is 495 g/mol. The molecule has 0 aliphatic rings. The highest BCUT2D eigenvalue weighted by Crippen LogP contribution is 2.28. The van der Waals surface area contributed by atoms with Crippen LogP contribution in [0.4, 0.5) is 5.69 Å². The van der Waals surface area contributed by atoms with E-state index < -0.39 is 0 Å². The number of aliphatic imine (C=N–C) groups is 1. The highest BCUT2D eigenvalue weighted by atomic mass is 35.5. The van der Waals surface area contributed by atoms with E-state index in [1.165, 1.54) is 5.56 Å². The minimum absolute atomic E-state index is 0.243. The molecule has 0 saturated heterocycles. The number of hydrogen-bond acceptors (Lipinski definition) is 5. The van der Waals surface area contributed by atoms with Gasteiger partial charge in [-0.25, -0.2) is 9.97 Å². The van der Waals surface area contributed by atoms with E-state index in [0.717, 1.165) is 28.0 Å². The topological polar surface area (TPSA) is 95.0 Å². The normalized spacial score (nSPS) is 11.7. The zero-order valence-corrected chi connectivity index (χ0v) is 22.0. The van der Waals surface area contributed by atoms with E-state index in [0.29, 0.717) is 30.7 Å². The molecule has 1 N–H and O–H groups in total. The maximum atomic E-state index is 9.51. The molecule has 0 saturated carbocycles. The second-order valence-electron chi connectivity index (χ2n) is 8.70. The number of nitrogens with zero attached hydrogens (tertiary/aromatic N) is 7. The van der Waals surface area contributed by atoms with Crippen LogP contribution < -0.4 is 10.2 Å². The molecule has 0 atom stereocenters. The van der Waals surface area contributed by atoms with E-state index in [1.807, 2.05) is 55.4 Å². The van der Waals surface area contributed by atoms with Crippen LogP contribution in [0.3, 0.4) is 0 Å². The smallest absolute Gasteiger partial charge is 0.215 e. The van der Waals surface area contributed by atoms with Crippen LogP contribution in [0.2, 0.25) is 10.3 Å². The number of benzene rings is 1. The summed E-state index contributed by atoms with van der Waals surface area (Å²) in [6.07, 6.45) is 1.91. The zero-order chi connectivity index (χ0) is 25.8. The summed E-state index contributed by atoms with van der Waals surface area (Å²) >= 11 is 12.4. The van der Waals surface area contributed by atoms with Crippen molar-refractivity contribution in [3.63, 3.8) is 0 Å². The van der Waals surface area contributed by atoms with Gasteiger partial charge < -0.3 is 10.2 Å². The van der Waals surface area contributed by atoms with E-state index >= 15 is 0 Å². The SMILES string of the molecule is Cc1nn(C)c2nc(CN/C(=N/C#N)N(Cc3ccccc3)c3cc(Cl)nc(Cl)c3)cc(C(C)C)c12. The molecule has 0 aliphatic heterocycles. The molecule has 0 spiro atoms. The summed E-state index contributed by atoms with van der Waals surface area (Å²) in [7, 11) is 1.89. The van der Waals surface area contributed by atoms with Gasteiger partial charge in [0.25, 0.3) is 0 Å². The van der Waals surface area contributed by atoms with Crippen molar-refractivity contribution < 1.29 is 0 Å². The Kier molecular flexibility index (Phi) is 7.73. The van der Waals surface area contributed by atoms with Gasteiger partial charge in [0.05, 0.1) is 30.2 Å². The van der Waals surface area contributed by atoms with Crippen molar-refractivity contribution in [1.29, 1.82) is 5.26 Å². The van der Waals surface area contributed by atoms with Gasteiger partial charge in [0.2, 0.25) is 12.2 Å². The van der Waals surface area contributed by atoms with Crippen molar-refractivity contribution >= 4 is 45.9 Å². The molecule has 0 radical (unpaired) electrons. The highest BCUT2D eigenvalue weighted by molar-refractivity contribution is 6.33. The minimum Gasteiger partial charge on any atom is -0.349 e. The number of nitrogens with one attached hydrogen (secondary N) is 1. The van der Waals surface area contributed by atoms with Crippen molar-refractivity contribution in [3.05, 3.63) is 81.4 Å². The summed E-state index contributed by atoms with van der Waals surface area (Å²) in [6, 6.07) is 15.3. The molecule has 10 heteroatoms. The first-order chi connectivity index (χ1) is 17.3. The number of halogens is 2. The third-order valence-corrected chi connectivity index (χ3v) is 6.14. The number of pyridine rings is 2. The van der Waals surface area contributed by atoms with Crippen LogP contribution in [-0.4, -0.2) is 25.7 Å². The molecular formula is C26H26Cl2N8. The number of anilines is 1. The summed E-state index contributed by atoms with van der Waals surface area (Å²) in [5.41, 5.74) is 5.43. The fourth-order valence-electron chi connectivity index (χ4n) is 4.15. The Hall–Kier alpha value is -3.67. The van der Waals surface area contributed by atoms with Crippen molar-refractivity contribution in [2.24, 2.45) is 12.0 Å². The number of guanidine groups is 1. The molecule has 3 aromatic heterocycles. The van der Waals surface area contributed by atoms with E-state index in [9.17, 15) is 5.26 Å². The second-order valence-corrected chi connectivity index (χ2v) is 9.47. The van der Waals surface area contributed by atoms with Crippen LogP contribution in [0.25, 0.3) is 11.0 Å². The van der Waals surface area contributed by atoms with Crippen LogP contribution >= 0.6 is 23.2 Å². The first kappa shape index (κ1) is 25.4. The lowest BCUT2D eigenvalue weighted by molar-refractivity contribution is 0.765. The van der Waals surface area contributed by atoms with Crippen LogP contribution in [0.1, 0.15) is 42.3 Å². The van der Waals surface area contributed by atoms with Gasteiger partial charge in [0.15, 0.2) is 5.65 Å². The molecule has 36 heavy (non-hydrogen) atoms. The van der Waals surface area contributed by atoms with Crippen molar-refractivity contribution in [1.82, 2.24) is 25.1 Å². The highest BCUT2D eigenvalue weighted by Gasteiger charge is 2.19. The molecule has 1 aromatic carbocycles. The Labute approximate surface area is 220 Å². The second kappa shape index (κ2) is 10.9. The zero-order valence-electron chi connectivity index (χ0n) is 20.5. The monoisotopic (exact) mass is 520 g/mol. The molecule has 0 amide bonds. The maximum absolute atomic E-state index is 9.51. The quantitative estimate of drug-likeness (QED) is 0.151. The summed E-state index contributed by atoms with van der Waals surface area (Å²) in [4.78, 5) is 14.8. The third kappa shape index (κ3) is 5.59. The lowest BCUT2D eigenvalue weighted by Crippen LogP contribution is -2.41. The fraction of sp³-hybridized carbons (Fsp3) is 0.269. The Morgan fingerprint density at radius 1 is 1.14 bits per heavy atom. The first-order valence-corrected chi connectivity index (χ1v) is 12.2. The van der Waals surface area contributed by atoms with Gasteiger partial charge in [-0.15, -0.1) is 4.99 Å². The minimum atomic E-state index is 0.243. The summed E-state index contributed by atoms with van der Waals surface area (Å²) in [6.45, 7) is 7.07. The van der Waals surface area contributed by atoms with Crippen LogP contribution in [0, 0.1) is 18.4 Å². The lowest BCUT2D eigenvalue weighted by atomic mass is 9.99. The predicted octanol–water partition coefficient (Wildman–Crippen LogP) is 5.74. The Morgan fingerprint density at radius 3 is 2.47 bits per heavy atom. The van der Waals surface area contributed by atoms with Crippen LogP contribution in [-0.2, 0) is 20.1 Å². The molecule has 3 heterocycles. The van der Waals surface area contributed by atoms with Gasteiger partial charge in [-0.3, -0.25) is 4.68 Å². The first-order valence-electron chi connectivity index (χ1n) is 11.4. The summed E-state index contributed by atoms with van der Waals surface area (Å²) in [5, 5.41) is 18.9. The number of aromatic nitrogens is 4. The van der Waals surface area contributed by atoms with Gasteiger partial charge >= 0.3 is 0 Å². The van der Waals surface area contributed by atoms with E-state index in [4.69, 9.17) is 28.2 Å². The van der Waals surface area contributed by atoms with Gasteiger partial charge in [-0.1, -0.05) is 67.4 Å². The average molecular weight is 521 g/mol. The lowest BCUT2D eigenvalue weighted by Gasteiger charge is -2.26. The molecule has 0 bridgehead atoms. The van der Waals surface area contributed by atoms with Crippen molar-refractivity contribution in [2.75, 3.05) is 4.90 Å². The van der Waals surface area contributed by atoms with Gasteiger partial charge in [-0.2, -0.15) is 10.4 Å². The van der Waals surface area contributed by atoms with Crippen molar-refractivity contribution in [2.45, 2.75) is 39.8 Å². The van der Waals surface area contributed by atoms with Crippen molar-refractivity contribution in [3.8, 4) is 6.19 Å². The molecule has 4 aromatic rings. The van der Waals surface area contributed by atoms with Crippen LogP contribution in [0.5, 0.6) is 0 Å². The van der Waals surface area contributed by atoms with Gasteiger partial charge in [-0.05, 0) is 42.2 Å². The third-order valence-electron chi connectivity index (χ3n) is 5.76. The largest absolute Gasteiger partial charge is 0.349 e. The van der Waals surface area contributed by atoms with E-state index in [2.05, 4.69) is 40.3 Å². The number of fused-ring (bicyclic) bond motifs is 1. The standard InChI is InChI=1S/C26H26Cl2N8/c1-16(2)21-10-19(32-25-24(21)17(3)34-35(25)4)13-30-26(31-15-29)36(14-18-8-6-5-7-9-18)20-11-22(27)33-23(28)12-20/h5-12,16H,13-14H2,1-4H3,(H,30,31).